The minimum Gasteiger partial charge on any atom is -0.497 e. The van der Waals surface area contributed by atoms with Gasteiger partial charge in [0.15, 0.2) is 0 Å². The quantitative estimate of drug-likeness (QED) is 0.415. The van der Waals surface area contributed by atoms with Crippen LogP contribution in [0.5, 0.6) is 5.75 Å². The Balaban J connectivity index is 1.47. The van der Waals surface area contributed by atoms with Gasteiger partial charge in [0, 0.05) is 16.7 Å². The molecule has 32 heavy (non-hydrogen) atoms. The predicted molar refractivity (Wildman–Crippen MR) is 123 cm³/mol. The van der Waals surface area contributed by atoms with Crippen molar-refractivity contribution in [3.63, 3.8) is 0 Å². The van der Waals surface area contributed by atoms with Crippen LogP contribution in [0, 0.1) is 6.92 Å². The third-order valence-electron chi connectivity index (χ3n) is 5.43. The first-order valence-corrected chi connectivity index (χ1v) is 10.5. The molecule has 0 bridgehead atoms. The largest absolute Gasteiger partial charge is 0.497 e. The van der Waals surface area contributed by atoms with Crippen molar-refractivity contribution in [2.75, 3.05) is 7.11 Å². The normalized spacial score (nSPS) is 11.7. The fourth-order valence-corrected chi connectivity index (χ4v) is 3.52. The van der Waals surface area contributed by atoms with Gasteiger partial charge in [0.2, 0.25) is 11.8 Å². The molecule has 0 aliphatic carbocycles. The lowest BCUT2D eigenvalue weighted by molar-refractivity contribution is 0.0935. The predicted octanol–water partition coefficient (Wildman–Crippen LogP) is 5.60. The van der Waals surface area contributed by atoms with Crippen LogP contribution in [0.25, 0.3) is 22.9 Å². The fraction of sp³-hybridized carbons (Fsp3) is 0.192. The highest BCUT2D eigenvalue weighted by atomic mass is 16.5. The van der Waals surface area contributed by atoms with Crippen LogP contribution in [-0.2, 0) is 0 Å². The lowest BCUT2D eigenvalue weighted by atomic mass is 10.0. The van der Waals surface area contributed by atoms with Crippen LogP contribution in [0.1, 0.15) is 40.9 Å². The molecule has 0 saturated carbocycles. The number of carbonyl (C=O) groups excluding carboxylic acids is 1. The van der Waals surface area contributed by atoms with Gasteiger partial charge in [-0.1, -0.05) is 37.3 Å². The van der Waals surface area contributed by atoms with Crippen LogP contribution in [0.15, 0.2) is 77.2 Å². The Hall–Kier alpha value is -3.93. The standard InChI is InChI=1S/C26H25N3O3/c1-4-23(18-13-15-21(31-3)16-14-18)27-24(30)19-9-11-20(12-10-19)25-28-29-26(32-25)22-8-6-5-7-17(22)2/h5-16,23H,4H2,1-3H3,(H,27,30). The maximum atomic E-state index is 12.8. The number of aromatic nitrogens is 2. The maximum absolute atomic E-state index is 12.8. The summed E-state index contributed by atoms with van der Waals surface area (Å²) in [6.07, 6.45) is 0.778. The summed E-state index contributed by atoms with van der Waals surface area (Å²) in [5.41, 5.74) is 4.34. The molecule has 3 aromatic carbocycles. The SMILES string of the molecule is CCC(NC(=O)c1ccc(-c2nnc(-c3ccccc3C)o2)cc1)c1ccc(OC)cc1. The summed E-state index contributed by atoms with van der Waals surface area (Å²) in [5, 5.41) is 11.4. The van der Waals surface area contributed by atoms with Crippen molar-refractivity contribution in [3.05, 3.63) is 89.5 Å². The van der Waals surface area contributed by atoms with Gasteiger partial charge in [-0.2, -0.15) is 0 Å². The van der Waals surface area contributed by atoms with Crippen molar-refractivity contribution in [3.8, 4) is 28.7 Å². The number of hydrogen-bond donors (Lipinski definition) is 1. The van der Waals surface area contributed by atoms with Gasteiger partial charge in [0.05, 0.1) is 13.2 Å². The van der Waals surface area contributed by atoms with Crippen molar-refractivity contribution in [2.45, 2.75) is 26.3 Å². The molecule has 0 radical (unpaired) electrons. The lowest BCUT2D eigenvalue weighted by Crippen LogP contribution is -2.28. The van der Waals surface area contributed by atoms with Crippen molar-refractivity contribution in [1.82, 2.24) is 15.5 Å². The van der Waals surface area contributed by atoms with E-state index in [1.54, 1.807) is 19.2 Å². The molecule has 6 heteroatoms. The molecular weight excluding hydrogens is 402 g/mol. The molecule has 1 amide bonds. The Kier molecular flexibility index (Phi) is 6.31. The van der Waals surface area contributed by atoms with Crippen LogP contribution in [-0.4, -0.2) is 23.2 Å². The number of carbonyl (C=O) groups is 1. The zero-order chi connectivity index (χ0) is 22.5. The Labute approximate surface area is 187 Å². The van der Waals surface area contributed by atoms with Crippen molar-refractivity contribution in [2.24, 2.45) is 0 Å². The molecule has 162 valence electrons. The summed E-state index contributed by atoms with van der Waals surface area (Å²) < 4.78 is 11.1. The van der Waals surface area contributed by atoms with E-state index in [0.717, 1.165) is 34.4 Å². The molecule has 4 aromatic rings. The van der Waals surface area contributed by atoms with Crippen LogP contribution in [0.2, 0.25) is 0 Å². The van der Waals surface area contributed by atoms with E-state index in [2.05, 4.69) is 15.5 Å². The fourth-order valence-electron chi connectivity index (χ4n) is 3.52. The van der Waals surface area contributed by atoms with Gasteiger partial charge in [-0.15, -0.1) is 10.2 Å². The molecule has 6 nitrogen and oxygen atoms in total. The lowest BCUT2D eigenvalue weighted by Gasteiger charge is -2.18. The van der Waals surface area contributed by atoms with Gasteiger partial charge in [0.25, 0.3) is 5.91 Å². The molecule has 1 atom stereocenters. The molecule has 0 aliphatic rings. The monoisotopic (exact) mass is 427 g/mol. The molecule has 0 fully saturated rings. The summed E-state index contributed by atoms with van der Waals surface area (Å²) >= 11 is 0. The van der Waals surface area contributed by atoms with Crippen molar-refractivity contribution >= 4 is 5.91 Å². The molecule has 1 unspecified atom stereocenters. The zero-order valence-corrected chi connectivity index (χ0v) is 18.3. The van der Waals surface area contributed by atoms with E-state index in [1.165, 1.54) is 0 Å². The molecule has 1 N–H and O–H groups in total. The van der Waals surface area contributed by atoms with E-state index in [9.17, 15) is 4.79 Å². The van der Waals surface area contributed by atoms with Gasteiger partial charge < -0.3 is 14.5 Å². The highest BCUT2D eigenvalue weighted by molar-refractivity contribution is 5.94. The smallest absolute Gasteiger partial charge is 0.251 e. The maximum Gasteiger partial charge on any atom is 0.251 e. The van der Waals surface area contributed by atoms with E-state index in [-0.39, 0.29) is 11.9 Å². The summed E-state index contributed by atoms with van der Waals surface area (Å²) in [7, 11) is 1.63. The second kappa shape index (κ2) is 9.47. The number of aryl methyl sites for hydroxylation is 1. The van der Waals surface area contributed by atoms with E-state index in [4.69, 9.17) is 9.15 Å². The van der Waals surface area contributed by atoms with E-state index < -0.39 is 0 Å². The molecule has 0 spiro atoms. The molecule has 0 saturated heterocycles. The molecule has 0 aliphatic heterocycles. The average Bonchev–Trinajstić information content (AvgIpc) is 3.33. The van der Waals surface area contributed by atoms with E-state index in [0.29, 0.717) is 17.3 Å². The second-order valence-corrected chi connectivity index (χ2v) is 7.51. The summed E-state index contributed by atoms with van der Waals surface area (Å²) in [5.74, 6) is 1.55. The number of nitrogens with one attached hydrogen (secondary N) is 1. The first kappa shape index (κ1) is 21.3. The van der Waals surface area contributed by atoms with Crippen LogP contribution >= 0.6 is 0 Å². The number of ether oxygens (including phenoxy) is 1. The summed E-state index contributed by atoms with van der Waals surface area (Å²) in [6.45, 7) is 4.04. The molecule has 1 heterocycles. The number of amides is 1. The van der Waals surface area contributed by atoms with Crippen molar-refractivity contribution < 1.29 is 13.9 Å². The topological polar surface area (TPSA) is 77.3 Å². The van der Waals surface area contributed by atoms with Crippen LogP contribution < -0.4 is 10.1 Å². The Bertz CT molecular complexity index is 1200. The van der Waals surface area contributed by atoms with Gasteiger partial charge in [-0.05, 0) is 66.9 Å². The number of rotatable bonds is 7. The number of benzene rings is 3. The van der Waals surface area contributed by atoms with E-state index in [1.807, 2.05) is 74.5 Å². The van der Waals surface area contributed by atoms with Gasteiger partial charge in [-0.25, -0.2) is 0 Å². The number of hydrogen-bond acceptors (Lipinski definition) is 5. The molecule has 4 rings (SSSR count). The third kappa shape index (κ3) is 4.54. The zero-order valence-electron chi connectivity index (χ0n) is 18.3. The molecule has 1 aromatic heterocycles. The van der Waals surface area contributed by atoms with Gasteiger partial charge in [0.1, 0.15) is 5.75 Å². The number of nitrogens with zero attached hydrogens (tertiary/aromatic N) is 2. The van der Waals surface area contributed by atoms with E-state index >= 15 is 0 Å². The van der Waals surface area contributed by atoms with Crippen LogP contribution in [0.4, 0.5) is 0 Å². The minimum absolute atomic E-state index is 0.0827. The van der Waals surface area contributed by atoms with Gasteiger partial charge in [-0.3, -0.25) is 4.79 Å². The van der Waals surface area contributed by atoms with Crippen LogP contribution in [0.3, 0.4) is 0 Å². The number of methoxy groups -OCH3 is 1. The Morgan fingerprint density at radius 3 is 2.31 bits per heavy atom. The molecular formula is C26H25N3O3. The first-order chi connectivity index (χ1) is 15.6. The van der Waals surface area contributed by atoms with Crippen molar-refractivity contribution in [1.29, 1.82) is 0 Å². The first-order valence-electron chi connectivity index (χ1n) is 10.5. The average molecular weight is 428 g/mol. The highest BCUT2D eigenvalue weighted by Crippen LogP contribution is 2.26. The summed E-state index contributed by atoms with van der Waals surface area (Å²) in [4.78, 5) is 12.8. The third-order valence-corrected chi connectivity index (χ3v) is 5.43. The van der Waals surface area contributed by atoms with Gasteiger partial charge >= 0.3 is 0 Å². The second-order valence-electron chi connectivity index (χ2n) is 7.51. The summed E-state index contributed by atoms with van der Waals surface area (Å²) in [6, 6.07) is 22.7. The Morgan fingerprint density at radius 2 is 1.66 bits per heavy atom. The minimum atomic E-state index is -0.134. The Morgan fingerprint density at radius 1 is 0.969 bits per heavy atom. The highest BCUT2D eigenvalue weighted by Gasteiger charge is 2.16.